The standard InChI is InChI=1S/C14H15FN4O3/c1-2-7-16-11(20)8-19-13(12(14(21)22)17-18-19)9-5-3-4-6-10(9)15/h3-6H,2,7-8H2,1H3,(H,16,20)(H,21,22). The number of halogens is 1. The lowest BCUT2D eigenvalue weighted by Crippen LogP contribution is -2.29. The van der Waals surface area contributed by atoms with Crippen molar-refractivity contribution < 1.29 is 19.1 Å². The van der Waals surface area contributed by atoms with Gasteiger partial charge in [0.2, 0.25) is 5.91 Å². The van der Waals surface area contributed by atoms with Crippen molar-refractivity contribution in [1.29, 1.82) is 0 Å². The molecule has 0 unspecified atom stereocenters. The van der Waals surface area contributed by atoms with Gasteiger partial charge >= 0.3 is 5.97 Å². The van der Waals surface area contributed by atoms with E-state index in [4.69, 9.17) is 5.11 Å². The molecule has 2 aromatic rings. The van der Waals surface area contributed by atoms with E-state index in [1.54, 1.807) is 6.07 Å². The molecule has 8 heteroatoms. The average Bonchev–Trinajstić information content (AvgIpc) is 2.89. The number of rotatable bonds is 6. The van der Waals surface area contributed by atoms with E-state index in [1.165, 1.54) is 18.2 Å². The number of aromatic carboxylic acids is 1. The van der Waals surface area contributed by atoms with Crippen molar-refractivity contribution in [2.45, 2.75) is 19.9 Å². The number of amides is 1. The van der Waals surface area contributed by atoms with Crippen molar-refractivity contribution in [3.63, 3.8) is 0 Å². The van der Waals surface area contributed by atoms with Crippen LogP contribution in [0.2, 0.25) is 0 Å². The van der Waals surface area contributed by atoms with Crippen molar-refractivity contribution in [2.24, 2.45) is 0 Å². The molecule has 0 radical (unpaired) electrons. The number of carbonyl (C=O) groups excluding carboxylic acids is 1. The number of carbonyl (C=O) groups is 2. The molecule has 0 aliphatic rings. The average molecular weight is 306 g/mol. The topological polar surface area (TPSA) is 97.1 Å². The summed E-state index contributed by atoms with van der Waals surface area (Å²) in [5, 5.41) is 19.0. The van der Waals surface area contributed by atoms with Gasteiger partial charge in [0.05, 0.1) is 0 Å². The van der Waals surface area contributed by atoms with Gasteiger partial charge in [-0.05, 0) is 18.6 Å². The lowest BCUT2D eigenvalue weighted by molar-refractivity contribution is -0.121. The number of carboxylic acids is 1. The molecule has 2 N–H and O–H groups in total. The fourth-order valence-corrected chi connectivity index (χ4v) is 1.94. The first-order valence-corrected chi connectivity index (χ1v) is 6.73. The van der Waals surface area contributed by atoms with Crippen LogP contribution in [0.25, 0.3) is 11.3 Å². The summed E-state index contributed by atoms with van der Waals surface area (Å²) in [7, 11) is 0. The van der Waals surface area contributed by atoms with Gasteiger partial charge in [0.25, 0.3) is 0 Å². The number of nitrogens with one attached hydrogen (secondary N) is 1. The van der Waals surface area contributed by atoms with Gasteiger partial charge in [0.1, 0.15) is 18.1 Å². The summed E-state index contributed by atoms with van der Waals surface area (Å²) in [6.07, 6.45) is 0.768. The van der Waals surface area contributed by atoms with Crippen LogP contribution in [-0.2, 0) is 11.3 Å². The van der Waals surface area contributed by atoms with Crippen molar-refractivity contribution >= 4 is 11.9 Å². The number of hydrogen-bond donors (Lipinski definition) is 2. The van der Waals surface area contributed by atoms with Crippen LogP contribution in [0.5, 0.6) is 0 Å². The SMILES string of the molecule is CCCNC(=O)Cn1nnc(C(=O)O)c1-c1ccccc1F. The van der Waals surface area contributed by atoms with Crippen LogP contribution in [0, 0.1) is 5.82 Å². The Hall–Kier alpha value is -2.77. The Bertz CT molecular complexity index is 699. The molecule has 116 valence electrons. The van der Waals surface area contributed by atoms with Crippen LogP contribution in [0.15, 0.2) is 24.3 Å². The maximum atomic E-state index is 14.0. The Morgan fingerprint density at radius 3 is 2.73 bits per heavy atom. The summed E-state index contributed by atoms with van der Waals surface area (Å²) < 4.78 is 15.0. The van der Waals surface area contributed by atoms with Crippen molar-refractivity contribution in [1.82, 2.24) is 20.3 Å². The van der Waals surface area contributed by atoms with Crippen LogP contribution in [-0.4, -0.2) is 38.5 Å². The zero-order valence-corrected chi connectivity index (χ0v) is 11.9. The second-order valence-electron chi connectivity index (χ2n) is 4.58. The molecule has 0 atom stereocenters. The van der Waals surface area contributed by atoms with Crippen LogP contribution in [0.1, 0.15) is 23.8 Å². The van der Waals surface area contributed by atoms with E-state index in [-0.39, 0.29) is 23.7 Å². The van der Waals surface area contributed by atoms with Gasteiger partial charge < -0.3 is 10.4 Å². The fourth-order valence-electron chi connectivity index (χ4n) is 1.94. The molecule has 1 aromatic carbocycles. The molecule has 0 spiro atoms. The highest BCUT2D eigenvalue weighted by Gasteiger charge is 2.23. The van der Waals surface area contributed by atoms with Crippen LogP contribution in [0.4, 0.5) is 4.39 Å². The molecule has 0 aliphatic carbocycles. The summed E-state index contributed by atoms with van der Waals surface area (Å²) in [5.41, 5.74) is -0.390. The molecule has 0 aliphatic heterocycles. The summed E-state index contributed by atoms with van der Waals surface area (Å²) in [5.74, 6) is -2.29. The smallest absolute Gasteiger partial charge is 0.358 e. The Labute approximate surface area is 125 Å². The number of benzene rings is 1. The highest BCUT2D eigenvalue weighted by Crippen LogP contribution is 2.25. The molecule has 1 aromatic heterocycles. The molecule has 1 amide bonds. The number of hydrogen-bond acceptors (Lipinski definition) is 4. The van der Waals surface area contributed by atoms with Crippen LogP contribution in [0.3, 0.4) is 0 Å². The molecule has 0 fully saturated rings. The predicted molar refractivity (Wildman–Crippen MR) is 75.7 cm³/mol. The molecule has 0 saturated carbocycles. The normalized spacial score (nSPS) is 10.5. The van der Waals surface area contributed by atoms with Crippen molar-refractivity contribution in [3.8, 4) is 11.3 Å². The third-order valence-electron chi connectivity index (χ3n) is 2.93. The summed E-state index contributed by atoms with van der Waals surface area (Å²) in [6.45, 7) is 2.17. The molecular formula is C14H15FN4O3. The Kier molecular flexibility index (Phi) is 4.82. The summed E-state index contributed by atoms with van der Waals surface area (Å²) >= 11 is 0. The Balaban J connectivity index is 2.42. The number of aromatic nitrogens is 3. The Morgan fingerprint density at radius 1 is 1.36 bits per heavy atom. The molecule has 0 saturated heterocycles. The molecule has 0 bridgehead atoms. The Morgan fingerprint density at radius 2 is 2.09 bits per heavy atom. The monoisotopic (exact) mass is 306 g/mol. The molecule has 7 nitrogen and oxygen atoms in total. The zero-order valence-electron chi connectivity index (χ0n) is 11.9. The molecule has 1 heterocycles. The second kappa shape index (κ2) is 6.79. The van der Waals surface area contributed by atoms with Gasteiger partial charge in [-0.15, -0.1) is 5.10 Å². The van der Waals surface area contributed by atoms with Gasteiger partial charge in [-0.1, -0.05) is 24.3 Å². The second-order valence-corrected chi connectivity index (χ2v) is 4.58. The largest absolute Gasteiger partial charge is 0.476 e. The summed E-state index contributed by atoms with van der Waals surface area (Å²) in [4.78, 5) is 23.0. The quantitative estimate of drug-likeness (QED) is 0.838. The first-order valence-electron chi connectivity index (χ1n) is 6.73. The van der Waals surface area contributed by atoms with E-state index in [0.29, 0.717) is 6.54 Å². The van der Waals surface area contributed by atoms with Crippen LogP contribution >= 0.6 is 0 Å². The minimum atomic E-state index is -1.33. The number of carboxylic acid groups (broad SMARTS) is 1. The van der Waals surface area contributed by atoms with E-state index in [2.05, 4.69) is 15.6 Å². The van der Waals surface area contributed by atoms with E-state index < -0.39 is 17.5 Å². The summed E-state index contributed by atoms with van der Waals surface area (Å²) in [6, 6.07) is 5.68. The lowest BCUT2D eigenvalue weighted by Gasteiger charge is -2.08. The molecule has 2 rings (SSSR count). The fraction of sp³-hybridized carbons (Fsp3) is 0.286. The minimum Gasteiger partial charge on any atom is -0.476 e. The van der Waals surface area contributed by atoms with E-state index in [0.717, 1.165) is 11.1 Å². The maximum Gasteiger partial charge on any atom is 0.358 e. The third kappa shape index (κ3) is 3.27. The molecule has 22 heavy (non-hydrogen) atoms. The predicted octanol–water partition coefficient (Wildman–Crippen LogP) is 1.31. The number of nitrogens with zero attached hydrogens (tertiary/aromatic N) is 3. The van der Waals surface area contributed by atoms with Gasteiger partial charge in [0.15, 0.2) is 5.69 Å². The third-order valence-corrected chi connectivity index (χ3v) is 2.93. The van der Waals surface area contributed by atoms with E-state index in [9.17, 15) is 14.0 Å². The first kappa shape index (κ1) is 15.6. The van der Waals surface area contributed by atoms with Gasteiger partial charge in [0, 0.05) is 12.1 Å². The van der Waals surface area contributed by atoms with Gasteiger partial charge in [-0.25, -0.2) is 13.9 Å². The lowest BCUT2D eigenvalue weighted by atomic mass is 10.1. The highest BCUT2D eigenvalue weighted by molar-refractivity contribution is 5.93. The van der Waals surface area contributed by atoms with Crippen LogP contribution < -0.4 is 5.32 Å². The van der Waals surface area contributed by atoms with E-state index >= 15 is 0 Å². The first-order chi connectivity index (χ1) is 10.5. The highest BCUT2D eigenvalue weighted by atomic mass is 19.1. The van der Waals surface area contributed by atoms with Crippen molar-refractivity contribution in [2.75, 3.05) is 6.54 Å². The van der Waals surface area contributed by atoms with Crippen molar-refractivity contribution in [3.05, 3.63) is 35.8 Å². The van der Waals surface area contributed by atoms with E-state index in [1.807, 2.05) is 6.92 Å². The van der Waals surface area contributed by atoms with Gasteiger partial charge in [-0.2, -0.15) is 0 Å². The van der Waals surface area contributed by atoms with Gasteiger partial charge in [-0.3, -0.25) is 4.79 Å². The minimum absolute atomic E-state index is 0.0303. The zero-order chi connectivity index (χ0) is 16.1. The molecular weight excluding hydrogens is 291 g/mol. The maximum absolute atomic E-state index is 14.0.